The second kappa shape index (κ2) is 15.0. The van der Waals surface area contributed by atoms with E-state index in [1.807, 2.05) is 36.4 Å². The molecule has 6 aromatic rings. The van der Waals surface area contributed by atoms with Gasteiger partial charge in [-0.15, -0.1) is 0 Å². The Morgan fingerprint density at radius 3 is 2.62 bits per heavy atom. The molecule has 58 heavy (non-hydrogen) atoms. The average Bonchev–Trinajstić information content (AvgIpc) is 3.83. The number of nitrogens with one attached hydrogen (secondary N) is 2. The van der Waals surface area contributed by atoms with Crippen molar-refractivity contribution in [3.05, 3.63) is 107 Å². The van der Waals surface area contributed by atoms with Crippen LogP contribution in [0, 0.1) is 15.5 Å². The molecule has 0 bridgehead atoms. The van der Waals surface area contributed by atoms with Crippen LogP contribution < -0.4 is 24.8 Å². The molecule has 1 saturated carbocycles. The van der Waals surface area contributed by atoms with Crippen molar-refractivity contribution in [2.45, 2.75) is 35.6 Å². The smallest absolute Gasteiger partial charge is 0.293 e. The van der Waals surface area contributed by atoms with Gasteiger partial charge in [0.1, 0.15) is 46.4 Å². The number of pyridine rings is 1. The van der Waals surface area contributed by atoms with E-state index in [1.165, 1.54) is 12.1 Å². The molecule has 14 nitrogen and oxygen atoms in total. The SMILES string of the molecule is [B]C([B])([B])Oc1cc(CN2CCN(C3CC4(C3)CN(c3ccc(C(=O)NSc5ccc(N)c([N+](=O)[O-])c5)c(Oc5cnc6[nH]ccc6c5)c3)C4)CC2)cc2ccoc12. The number of amides is 1. The van der Waals surface area contributed by atoms with Crippen LogP contribution in [0.15, 0.2) is 94.7 Å². The average molecular weight is 790 g/mol. The van der Waals surface area contributed by atoms with Crippen molar-refractivity contribution in [2.24, 2.45) is 5.41 Å². The molecule has 6 radical (unpaired) electrons. The predicted molar refractivity (Wildman–Crippen MR) is 225 cm³/mol. The number of rotatable bonds is 12. The van der Waals surface area contributed by atoms with E-state index >= 15 is 0 Å². The third kappa shape index (κ3) is 7.83. The van der Waals surface area contributed by atoms with Gasteiger partial charge in [-0.05, 0) is 90.2 Å². The molecule has 3 aromatic carbocycles. The van der Waals surface area contributed by atoms with Crippen LogP contribution in [-0.4, -0.2) is 105 Å². The maximum atomic E-state index is 13.6. The fourth-order valence-electron chi connectivity index (χ4n) is 8.40. The Morgan fingerprint density at radius 1 is 1.03 bits per heavy atom. The fraction of sp³-hybridized carbons (Fsp3) is 0.300. The minimum Gasteiger partial charge on any atom is -0.512 e. The molecule has 0 unspecified atom stereocenters. The zero-order valence-electron chi connectivity index (χ0n) is 31.4. The molecule has 3 aliphatic rings. The quantitative estimate of drug-likeness (QED) is 0.0481. The minimum absolute atomic E-state index is 0.0485. The van der Waals surface area contributed by atoms with Gasteiger partial charge in [0.2, 0.25) is 0 Å². The van der Waals surface area contributed by atoms with Crippen LogP contribution in [0.1, 0.15) is 28.8 Å². The molecule has 3 aromatic heterocycles. The third-order valence-corrected chi connectivity index (χ3v) is 12.0. The summed E-state index contributed by atoms with van der Waals surface area (Å²) in [6.07, 6.45) is 7.32. The lowest BCUT2D eigenvalue weighted by atomic mass is 9.52. The van der Waals surface area contributed by atoms with Gasteiger partial charge in [-0.2, -0.15) is 0 Å². The Labute approximate surface area is 342 Å². The first kappa shape index (κ1) is 38.0. The number of nitro groups is 1. The maximum absolute atomic E-state index is 13.6. The summed E-state index contributed by atoms with van der Waals surface area (Å²) in [6.45, 7) is 6.52. The number of hydrogen-bond acceptors (Lipinski definition) is 12. The molecule has 2 saturated heterocycles. The number of furan rings is 1. The fourth-order valence-corrected chi connectivity index (χ4v) is 9.03. The zero-order valence-corrected chi connectivity index (χ0v) is 32.2. The van der Waals surface area contributed by atoms with Gasteiger partial charge in [0, 0.05) is 97.0 Å². The first-order valence-corrected chi connectivity index (χ1v) is 19.7. The van der Waals surface area contributed by atoms with E-state index in [-0.39, 0.29) is 16.8 Å². The van der Waals surface area contributed by atoms with E-state index < -0.39 is 16.1 Å². The topological polar surface area (TPSA) is 168 Å². The number of hydrogen-bond donors (Lipinski definition) is 3. The predicted octanol–water partition coefficient (Wildman–Crippen LogP) is 5.31. The lowest BCUT2D eigenvalue weighted by molar-refractivity contribution is -0.384. The second-order valence-electron chi connectivity index (χ2n) is 15.5. The molecule has 2 aliphatic heterocycles. The maximum Gasteiger partial charge on any atom is 0.293 e. The molecular weight excluding hydrogens is 753 g/mol. The Hall–Kier alpha value is -5.58. The van der Waals surface area contributed by atoms with E-state index in [4.69, 9.17) is 43.2 Å². The standard InChI is InChI=1S/C40H37B3N8O6S/c41-40(42,43)57-35-14-24(13-25-6-12-55-36(25)35)21-48-8-10-49(11-9-48)28-18-39(19-28)22-50(23-39)27-1-3-31(34(16-27)56-29-15-26-5-7-45-37(26)46-20-29)38(52)47-58-30-2-4-32(44)33(17-30)51(53)54/h1-7,12-17,20,28H,8-11,18-19,21-23,44H2,(H,45,46)(H,47,52). The summed E-state index contributed by atoms with van der Waals surface area (Å²) >= 11 is 0.965. The molecular formula is C40H37B3N8O6S. The number of carbonyl (C=O) groups excluding carboxylic acids is 1. The summed E-state index contributed by atoms with van der Waals surface area (Å²) in [5, 5.41) is 11.4. The highest BCUT2D eigenvalue weighted by Crippen LogP contribution is 2.52. The van der Waals surface area contributed by atoms with Gasteiger partial charge in [0.05, 0.1) is 22.9 Å². The van der Waals surface area contributed by atoms with E-state index in [2.05, 4.69) is 35.5 Å². The van der Waals surface area contributed by atoms with Crippen LogP contribution in [0.3, 0.4) is 0 Å². The molecule has 18 heteroatoms. The lowest BCUT2D eigenvalue weighted by Gasteiger charge is -2.62. The molecule has 1 spiro atoms. The number of piperazine rings is 1. The monoisotopic (exact) mass is 790 g/mol. The number of nitrogens with zero attached hydrogens (tertiary/aromatic N) is 5. The number of fused-ring (bicyclic) bond motifs is 2. The molecule has 3 fully saturated rings. The third-order valence-electron chi connectivity index (χ3n) is 11.2. The highest BCUT2D eigenvalue weighted by atomic mass is 32.2. The van der Waals surface area contributed by atoms with Crippen LogP contribution in [0.25, 0.3) is 22.0 Å². The number of ether oxygens (including phenoxy) is 2. The highest BCUT2D eigenvalue weighted by molar-refractivity contribution is 7.98. The van der Waals surface area contributed by atoms with E-state index in [1.54, 1.807) is 30.8 Å². The number of nitro benzene ring substituents is 1. The largest absolute Gasteiger partial charge is 0.512 e. The molecule has 9 rings (SSSR count). The van der Waals surface area contributed by atoms with Crippen molar-refractivity contribution in [3.63, 3.8) is 0 Å². The second-order valence-corrected chi connectivity index (χ2v) is 16.4. The molecule has 1 amide bonds. The van der Waals surface area contributed by atoms with Crippen molar-refractivity contribution in [2.75, 3.05) is 49.9 Å². The summed E-state index contributed by atoms with van der Waals surface area (Å²) in [5.41, 5.74) is 9.48. The number of nitrogens with two attached hydrogens (primary N) is 1. The summed E-state index contributed by atoms with van der Waals surface area (Å²) in [4.78, 5) is 39.8. The molecule has 4 N–H and O–H groups in total. The van der Waals surface area contributed by atoms with E-state index in [0.717, 1.165) is 98.3 Å². The summed E-state index contributed by atoms with van der Waals surface area (Å²) in [7, 11) is 17.2. The summed E-state index contributed by atoms with van der Waals surface area (Å²) < 4.78 is 20.3. The number of nitrogen functional groups attached to an aromatic ring is 1. The first-order chi connectivity index (χ1) is 27.9. The lowest BCUT2D eigenvalue weighted by Crippen LogP contribution is -2.68. The minimum atomic E-state index is -1.81. The van der Waals surface area contributed by atoms with Gasteiger partial charge in [-0.25, -0.2) is 4.98 Å². The van der Waals surface area contributed by atoms with Crippen molar-refractivity contribution in [3.8, 4) is 17.2 Å². The first-order valence-electron chi connectivity index (χ1n) is 18.9. The Balaban J connectivity index is 0.821. The van der Waals surface area contributed by atoms with Crippen molar-refractivity contribution < 1.29 is 23.6 Å². The Morgan fingerprint density at radius 2 is 1.84 bits per heavy atom. The number of benzene rings is 3. The van der Waals surface area contributed by atoms with Crippen molar-refractivity contribution in [1.29, 1.82) is 0 Å². The van der Waals surface area contributed by atoms with Gasteiger partial charge in [0.25, 0.3) is 11.6 Å². The van der Waals surface area contributed by atoms with Gasteiger partial charge < -0.3 is 29.5 Å². The highest BCUT2D eigenvalue weighted by Gasteiger charge is 2.54. The van der Waals surface area contributed by atoms with Crippen LogP contribution in [0.2, 0.25) is 0 Å². The van der Waals surface area contributed by atoms with Crippen LogP contribution >= 0.6 is 11.9 Å². The number of H-pyrrole nitrogens is 1. The van der Waals surface area contributed by atoms with Crippen LogP contribution in [0.5, 0.6) is 17.2 Å². The Kier molecular flexibility index (Phi) is 9.81. The van der Waals surface area contributed by atoms with Gasteiger partial charge >= 0.3 is 0 Å². The van der Waals surface area contributed by atoms with Crippen molar-refractivity contribution in [1.82, 2.24) is 24.5 Å². The molecule has 1 aliphatic carbocycles. The number of aromatic nitrogens is 2. The van der Waals surface area contributed by atoms with Gasteiger partial charge in [0.15, 0.2) is 11.3 Å². The van der Waals surface area contributed by atoms with Crippen molar-refractivity contribution >= 4 is 80.5 Å². The van der Waals surface area contributed by atoms with Crippen LogP contribution in [0.4, 0.5) is 17.1 Å². The normalized spacial score (nSPS) is 17.3. The zero-order chi connectivity index (χ0) is 40.2. The number of anilines is 2. The number of aromatic amines is 1. The van der Waals surface area contributed by atoms with E-state index in [9.17, 15) is 14.9 Å². The summed E-state index contributed by atoms with van der Waals surface area (Å²) in [6, 6.07) is 20.2. The Bertz CT molecular complexity index is 2520. The molecule has 0 atom stereocenters. The summed E-state index contributed by atoms with van der Waals surface area (Å²) in [5.74, 6) is 0.875. The molecule has 288 valence electrons. The van der Waals surface area contributed by atoms with Gasteiger partial charge in [-0.1, -0.05) is 0 Å². The van der Waals surface area contributed by atoms with E-state index in [0.29, 0.717) is 39.3 Å². The van der Waals surface area contributed by atoms with Crippen LogP contribution in [-0.2, 0) is 6.54 Å². The number of carbonyl (C=O) groups is 1. The molecule has 5 heterocycles. The van der Waals surface area contributed by atoms with Gasteiger partial charge in [-0.3, -0.25) is 29.4 Å².